The number of anilines is 1. The van der Waals surface area contributed by atoms with Gasteiger partial charge in [0, 0.05) is 39.3 Å². The summed E-state index contributed by atoms with van der Waals surface area (Å²) < 4.78 is 74.5. The van der Waals surface area contributed by atoms with Crippen molar-refractivity contribution in [3.63, 3.8) is 0 Å². The summed E-state index contributed by atoms with van der Waals surface area (Å²) in [4.78, 5) is 33.5. The second kappa shape index (κ2) is 11.9. The van der Waals surface area contributed by atoms with E-state index in [1.165, 1.54) is 30.2 Å². The van der Waals surface area contributed by atoms with Gasteiger partial charge in [-0.1, -0.05) is 35.3 Å². The fourth-order valence-electron chi connectivity index (χ4n) is 5.52. The number of hydrogen-bond acceptors (Lipinski definition) is 4. The van der Waals surface area contributed by atoms with Gasteiger partial charge < -0.3 is 15.0 Å². The Morgan fingerprint density at radius 2 is 1.70 bits per heavy atom. The van der Waals surface area contributed by atoms with Gasteiger partial charge in [0.1, 0.15) is 22.5 Å². The molecule has 4 aromatic carbocycles. The van der Waals surface area contributed by atoms with Crippen molar-refractivity contribution in [2.24, 2.45) is 0 Å². The van der Waals surface area contributed by atoms with E-state index in [1.54, 1.807) is 30.3 Å². The fourth-order valence-corrected chi connectivity index (χ4v) is 5.89. The molecule has 46 heavy (non-hydrogen) atoms. The van der Waals surface area contributed by atoms with Gasteiger partial charge in [-0.3, -0.25) is 9.59 Å². The minimum absolute atomic E-state index is 0.00372. The van der Waals surface area contributed by atoms with Crippen LogP contribution in [0.15, 0.2) is 78.9 Å². The van der Waals surface area contributed by atoms with Crippen LogP contribution in [0, 0.1) is 11.6 Å². The molecule has 1 atom stereocenters. The van der Waals surface area contributed by atoms with Crippen LogP contribution in [0.2, 0.25) is 10.2 Å². The number of carbonyl (C=O) groups is 2. The SMILES string of the molecule is COc1ccc(CN2C(=O)c3c(c(NC(=O)c4cc(F)cc(C(F)(F)F)c4)cc4nc(Cl)ccc34)C2c2cc(F)ccc2Cl)cc1. The molecule has 1 N–H and O–H groups in total. The Bertz CT molecular complexity index is 2040. The topological polar surface area (TPSA) is 71.5 Å². The Balaban J connectivity index is 1.56. The molecule has 0 bridgehead atoms. The van der Waals surface area contributed by atoms with Crippen LogP contribution in [0.3, 0.4) is 0 Å². The van der Waals surface area contributed by atoms with Crippen molar-refractivity contribution in [3.05, 3.63) is 134 Å². The predicted molar refractivity (Wildman–Crippen MR) is 162 cm³/mol. The molecule has 1 aliphatic heterocycles. The number of carbonyl (C=O) groups excluding carboxylic acids is 2. The minimum atomic E-state index is -4.92. The van der Waals surface area contributed by atoms with Crippen LogP contribution < -0.4 is 10.1 Å². The number of nitrogens with one attached hydrogen (secondary N) is 1. The van der Waals surface area contributed by atoms with Gasteiger partial charge in [-0.25, -0.2) is 13.8 Å². The first-order valence-corrected chi connectivity index (χ1v) is 14.3. The number of halogens is 7. The number of methoxy groups -OCH3 is 1. The highest BCUT2D eigenvalue weighted by atomic mass is 35.5. The molecule has 0 spiro atoms. The summed E-state index contributed by atoms with van der Waals surface area (Å²) in [6.07, 6.45) is -4.92. The van der Waals surface area contributed by atoms with Crippen LogP contribution in [-0.2, 0) is 12.7 Å². The highest BCUT2D eigenvalue weighted by Gasteiger charge is 2.42. The summed E-state index contributed by atoms with van der Waals surface area (Å²) >= 11 is 12.7. The van der Waals surface area contributed by atoms with Gasteiger partial charge in [0.15, 0.2) is 0 Å². The molecule has 1 aliphatic rings. The van der Waals surface area contributed by atoms with Gasteiger partial charge >= 0.3 is 6.18 Å². The maximum atomic E-state index is 14.7. The van der Waals surface area contributed by atoms with Crippen molar-refractivity contribution >= 4 is 51.6 Å². The average Bonchev–Trinajstić information content (AvgIpc) is 3.29. The molecule has 1 aromatic heterocycles. The van der Waals surface area contributed by atoms with E-state index in [2.05, 4.69) is 10.3 Å². The second-order valence-corrected chi connectivity index (χ2v) is 11.2. The molecule has 0 fully saturated rings. The van der Waals surface area contributed by atoms with Crippen molar-refractivity contribution in [1.82, 2.24) is 9.88 Å². The Hall–Kier alpha value is -4.74. The second-order valence-electron chi connectivity index (χ2n) is 10.4. The highest BCUT2D eigenvalue weighted by molar-refractivity contribution is 6.31. The van der Waals surface area contributed by atoms with E-state index in [1.807, 2.05) is 0 Å². The zero-order valence-corrected chi connectivity index (χ0v) is 25.1. The van der Waals surface area contributed by atoms with Crippen LogP contribution in [0.5, 0.6) is 5.75 Å². The van der Waals surface area contributed by atoms with Crippen molar-refractivity contribution in [2.45, 2.75) is 18.8 Å². The van der Waals surface area contributed by atoms with Crippen molar-refractivity contribution in [2.75, 3.05) is 12.4 Å². The molecular weight excluding hydrogens is 652 g/mol. The first-order chi connectivity index (χ1) is 21.8. The van der Waals surface area contributed by atoms with E-state index in [9.17, 15) is 31.5 Å². The molecule has 1 unspecified atom stereocenters. The number of pyridine rings is 1. The molecule has 2 amide bonds. The number of nitrogens with zero attached hydrogens (tertiary/aromatic N) is 2. The Kier molecular flexibility index (Phi) is 8.07. The predicted octanol–water partition coefficient (Wildman–Crippen LogP) is 8.84. The number of ether oxygens (including phenoxy) is 1. The number of benzene rings is 4. The summed E-state index contributed by atoms with van der Waals surface area (Å²) in [6, 6.07) is 15.3. The fraction of sp³-hybridized carbons (Fsp3) is 0.121. The van der Waals surface area contributed by atoms with Gasteiger partial charge in [0.05, 0.1) is 29.8 Å². The molecule has 0 saturated carbocycles. The normalized spacial score (nSPS) is 14.5. The molecule has 6 nitrogen and oxygen atoms in total. The Morgan fingerprint density at radius 1 is 0.957 bits per heavy atom. The van der Waals surface area contributed by atoms with Gasteiger partial charge in [-0.05, 0) is 72.3 Å². The number of rotatable bonds is 6. The first kappa shape index (κ1) is 31.3. The molecule has 234 valence electrons. The zero-order chi connectivity index (χ0) is 32.9. The van der Waals surface area contributed by atoms with Crippen LogP contribution in [0.1, 0.15) is 49.0 Å². The average molecular weight is 672 g/mol. The van der Waals surface area contributed by atoms with Gasteiger partial charge in [-0.2, -0.15) is 13.2 Å². The van der Waals surface area contributed by atoms with E-state index >= 15 is 0 Å². The van der Waals surface area contributed by atoms with Gasteiger partial charge in [-0.15, -0.1) is 0 Å². The third-order valence-electron chi connectivity index (χ3n) is 7.56. The minimum Gasteiger partial charge on any atom is -0.497 e. The Morgan fingerprint density at radius 3 is 2.39 bits per heavy atom. The van der Waals surface area contributed by atoms with E-state index < -0.39 is 46.8 Å². The molecule has 0 radical (unpaired) electrons. The van der Waals surface area contributed by atoms with E-state index in [-0.39, 0.29) is 50.7 Å². The van der Waals surface area contributed by atoms with Crippen molar-refractivity contribution in [3.8, 4) is 5.75 Å². The lowest BCUT2D eigenvalue weighted by Gasteiger charge is -2.28. The van der Waals surface area contributed by atoms with Crippen LogP contribution in [-0.4, -0.2) is 28.8 Å². The summed E-state index contributed by atoms with van der Waals surface area (Å²) in [6.45, 7) is 0.00372. The molecule has 0 aliphatic carbocycles. The van der Waals surface area contributed by atoms with Gasteiger partial charge in [0.2, 0.25) is 0 Å². The standard InChI is InChI=1S/C33H20Cl2F5N3O3/c1-46-21-5-2-16(3-6-21)15-43-30(23-13-19(36)4-8-24(23)34)29-26(14-25-22(28(29)32(43)45)7-9-27(35)41-25)42-31(44)17-10-18(33(38,39)40)12-20(37)11-17/h2-14,30H,15H2,1H3,(H,42,44). The third-order valence-corrected chi connectivity index (χ3v) is 8.12. The number of amides is 2. The van der Waals surface area contributed by atoms with E-state index in [0.29, 0.717) is 28.8 Å². The lowest BCUT2D eigenvalue weighted by atomic mass is 9.93. The molecule has 0 saturated heterocycles. The largest absolute Gasteiger partial charge is 0.497 e. The lowest BCUT2D eigenvalue weighted by molar-refractivity contribution is -0.137. The molecule has 13 heteroatoms. The van der Waals surface area contributed by atoms with Crippen molar-refractivity contribution in [1.29, 1.82) is 0 Å². The van der Waals surface area contributed by atoms with E-state index in [0.717, 1.165) is 12.1 Å². The van der Waals surface area contributed by atoms with Gasteiger partial charge in [0.25, 0.3) is 11.8 Å². The number of hydrogen-bond donors (Lipinski definition) is 1. The number of fused-ring (bicyclic) bond motifs is 3. The maximum Gasteiger partial charge on any atom is 0.416 e. The number of aromatic nitrogens is 1. The third kappa shape index (κ3) is 5.83. The summed E-state index contributed by atoms with van der Waals surface area (Å²) in [7, 11) is 1.51. The van der Waals surface area contributed by atoms with Crippen LogP contribution >= 0.6 is 23.2 Å². The quantitative estimate of drug-likeness (QED) is 0.145. The molecule has 2 heterocycles. The molecule has 6 rings (SSSR count). The smallest absolute Gasteiger partial charge is 0.416 e. The zero-order valence-electron chi connectivity index (χ0n) is 23.6. The van der Waals surface area contributed by atoms with Crippen LogP contribution in [0.25, 0.3) is 10.9 Å². The molecule has 5 aromatic rings. The van der Waals surface area contributed by atoms with Crippen LogP contribution in [0.4, 0.5) is 27.6 Å². The monoisotopic (exact) mass is 671 g/mol. The van der Waals surface area contributed by atoms with Crippen molar-refractivity contribution < 1.29 is 36.3 Å². The summed E-state index contributed by atoms with van der Waals surface area (Å²) in [5, 5.41) is 3.07. The maximum absolute atomic E-state index is 14.7. The van der Waals surface area contributed by atoms with E-state index in [4.69, 9.17) is 27.9 Å². The summed E-state index contributed by atoms with van der Waals surface area (Å²) in [5.74, 6) is -2.97. The highest BCUT2D eigenvalue weighted by Crippen LogP contribution is 2.48. The lowest BCUT2D eigenvalue weighted by Crippen LogP contribution is -2.28. The molecular formula is C33H20Cl2F5N3O3. The number of alkyl halides is 3. The first-order valence-electron chi connectivity index (χ1n) is 13.5. The Labute approximate surface area is 268 Å². The summed E-state index contributed by atoms with van der Waals surface area (Å²) in [5.41, 5.74) is -0.717.